The van der Waals surface area contributed by atoms with Gasteiger partial charge in [0.25, 0.3) is 0 Å². The summed E-state index contributed by atoms with van der Waals surface area (Å²) in [6, 6.07) is 16.8. The van der Waals surface area contributed by atoms with Crippen LogP contribution < -0.4 is 0 Å². The van der Waals surface area contributed by atoms with Crippen LogP contribution in [0.4, 0.5) is 0 Å². The Labute approximate surface area is 135 Å². The van der Waals surface area contributed by atoms with Crippen LogP contribution in [-0.4, -0.2) is 25.7 Å². The molecule has 112 valence electrons. The standard InChI is InChI=1S/C17H11N3O2S/c21-17(22)12-8-9-13(14-7-4-10-23-14)20-16(12)18-15(19-20)11-5-2-1-3-6-11/h1-10H,(H,21,22). The van der Waals surface area contributed by atoms with Crippen LogP contribution in [0.1, 0.15) is 10.4 Å². The van der Waals surface area contributed by atoms with Gasteiger partial charge >= 0.3 is 5.97 Å². The number of nitrogens with zero attached hydrogens (tertiary/aromatic N) is 3. The average Bonchev–Trinajstić information content (AvgIpc) is 3.24. The molecule has 3 aromatic heterocycles. The second kappa shape index (κ2) is 5.33. The van der Waals surface area contributed by atoms with E-state index >= 15 is 0 Å². The average molecular weight is 321 g/mol. The Kier molecular flexibility index (Phi) is 3.17. The third-order valence-corrected chi connectivity index (χ3v) is 4.41. The SMILES string of the molecule is O=C(O)c1ccc(-c2cccs2)n2nc(-c3ccccc3)nc12. The molecule has 0 atom stereocenters. The van der Waals surface area contributed by atoms with E-state index in [1.807, 2.05) is 47.8 Å². The van der Waals surface area contributed by atoms with Crippen LogP contribution in [0.25, 0.3) is 27.6 Å². The van der Waals surface area contributed by atoms with Crippen LogP contribution in [0, 0.1) is 0 Å². The van der Waals surface area contributed by atoms with Crippen molar-refractivity contribution in [1.29, 1.82) is 0 Å². The third-order valence-electron chi connectivity index (χ3n) is 3.52. The van der Waals surface area contributed by atoms with Gasteiger partial charge in [-0.25, -0.2) is 14.3 Å². The number of hydrogen-bond donors (Lipinski definition) is 1. The van der Waals surface area contributed by atoms with Crippen molar-refractivity contribution in [3.8, 4) is 22.0 Å². The van der Waals surface area contributed by atoms with Crippen LogP contribution in [-0.2, 0) is 0 Å². The molecule has 0 fully saturated rings. The fraction of sp³-hybridized carbons (Fsp3) is 0. The van der Waals surface area contributed by atoms with Crippen molar-refractivity contribution in [3.05, 3.63) is 65.5 Å². The van der Waals surface area contributed by atoms with Crippen molar-refractivity contribution in [1.82, 2.24) is 14.6 Å². The summed E-state index contributed by atoms with van der Waals surface area (Å²) >= 11 is 1.57. The number of thiophene rings is 1. The van der Waals surface area contributed by atoms with Gasteiger partial charge in [0, 0.05) is 5.56 Å². The van der Waals surface area contributed by atoms with Gasteiger partial charge in [-0.05, 0) is 23.6 Å². The maximum Gasteiger partial charge on any atom is 0.339 e. The topological polar surface area (TPSA) is 67.5 Å². The molecule has 0 amide bonds. The molecule has 1 aromatic carbocycles. The first-order valence-electron chi connectivity index (χ1n) is 6.96. The van der Waals surface area contributed by atoms with E-state index in [1.54, 1.807) is 28.0 Å². The maximum absolute atomic E-state index is 11.5. The summed E-state index contributed by atoms with van der Waals surface area (Å²) < 4.78 is 1.61. The molecular formula is C17H11N3O2S. The van der Waals surface area contributed by atoms with Crippen molar-refractivity contribution in [2.75, 3.05) is 0 Å². The van der Waals surface area contributed by atoms with Crippen molar-refractivity contribution < 1.29 is 9.90 Å². The van der Waals surface area contributed by atoms with Crippen LogP contribution in [0.3, 0.4) is 0 Å². The van der Waals surface area contributed by atoms with E-state index in [1.165, 1.54) is 0 Å². The van der Waals surface area contributed by atoms with Crippen molar-refractivity contribution >= 4 is 23.0 Å². The lowest BCUT2D eigenvalue weighted by atomic mass is 10.2. The van der Waals surface area contributed by atoms with Crippen LogP contribution >= 0.6 is 11.3 Å². The van der Waals surface area contributed by atoms with E-state index in [2.05, 4.69) is 10.1 Å². The zero-order chi connectivity index (χ0) is 15.8. The van der Waals surface area contributed by atoms with E-state index in [0.29, 0.717) is 11.5 Å². The van der Waals surface area contributed by atoms with Gasteiger partial charge < -0.3 is 5.11 Å². The number of pyridine rings is 1. The minimum atomic E-state index is -1.01. The number of carboxylic acids is 1. The van der Waals surface area contributed by atoms with Crippen molar-refractivity contribution in [3.63, 3.8) is 0 Å². The normalized spacial score (nSPS) is 11.0. The first-order chi connectivity index (χ1) is 11.2. The molecule has 0 saturated carbocycles. The minimum Gasteiger partial charge on any atom is -0.478 e. The van der Waals surface area contributed by atoms with Gasteiger partial charge in [-0.2, -0.15) is 0 Å². The Bertz CT molecular complexity index is 992. The lowest BCUT2D eigenvalue weighted by molar-refractivity contribution is 0.0698. The number of hydrogen-bond acceptors (Lipinski definition) is 4. The summed E-state index contributed by atoms with van der Waals surface area (Å²) in [7, 11) is 0. The van der Waals surface area contributed by atoms with E-state index < -0.39 is 5.97 Å². The Morgan fingerprint density at radius 2 is 1.87 bits per heavy atom. The van der Waals surface area contributed by atoms with Crippen LogP contribution in [0.5, 0.6) is 0 Å². The van der Waals surface area contributed by atoms with Gasteiger partial charge in [-0.15, -0.1) is 16.4 Å². The molecule has 3 heterocycles. The number of aromatic nitrogens is 3. The monoisotopic (exact) mass is 321 g/mol. The summed E-state index contributed by atoms with van der Waals surface area (Å²) in [6.45, 7) is 0. The zero-order valence-corrected chi connectivity index (χ0v) is 12.7. The number of rotatable bonds is 3. The molecule has 0 bridgehead atoms. The Balaban J connectivity index is 2.02. The van der Waals surface area contributed by atoms with E-state index in [4.69, 9.17) is 0 Å². The quantitative estimate of drug-likeness (QED) is 0.623. The summed E-state index contributed by atoms with van der Waals surface area (Å²) in [5.74, 6) is -0.503. The van der Waals surface area contributed by atoms with Crippen molar-refractivity contribution in [2.24, 2.45) is 0 Å². The smallest absolute Gasteiger partial charge is 0.339 e. The molecule has 0 aliphatic rings. The molecule has 1 N–H and O–H groups in total. The largest absolute Gasteiger partial charge is 0.478 e. The maximum atomic E-state index is 11.5. The van der Waals surface area contributed by atoms with E-state index in [-0.39, 0.29) is 5.56 Å². The molecular weight excluding hydrogens is 310 g/mol. The Morgan fingerprint density at radius 3 is 2.57 bits per heavy atom. The molecule has 5 nitrogen and oxygen atoms in total. The summed E-state index contributed by atoms with van der Waals surface area (Å²) in [4.78, 5) is 16.9. The fourth-order valence-electron chi connectivity index (χ4n) is 2.45. The zero-order valence-electron chi connectivity index (χ0n) is 11.9. The predicted octanol–water partition coefficient (Wildman–Crippen LogP) is 3.82. The number of carbonyl (C=O) groups is 1. The molecule has 4 rings (SSSR count). The van der Waals surface area contributed by atoms with Gasteiger partial charge in [0.15, 0.2) is 11.5 Å². The third kappa shape index (κ3) is 2.29. The Morgan fingerprint density at radius 1 is 1.04 bits per heavy atom. The number of aromatic carboxylic acids is 1. The molecule has 23 heavy (non-hydrogen) atoms. The fourth-order valence-corrected chi connectivity index (χ4v) is 3.19. The molecule has 4 aromatic rings. The van der Waals surface area contributed by atoms with Crippen molar-refractivity contribution in [2.45, 2.75) is 0 Å². The molecule has 6 heteroatoms. The van der Waals surface area contributed by atoms with Gasteiger partial charge in [0.2, 0.25) is 0 Å². The molecule has 0 aliphatic carbocycles. The Hall–Kier alpha value is -2.99. The molecule has 0 unspecified atom stereocenters. The summed E-state index contributed by atoms with van der Waals surface area (Å²) in [5.41, 5.74) is 2.17. The minimum absolute atomic E-state index is 0.139. The summed E-state index contributed by atoms with van der Waals surface area (Å²) in [5, 5.41) is 15.9. The van der Waals surface area contributed by atoms with E-state index in [0.717, 1.165) is 16.1 Å². The first kappa shape index (κ1) is 13.7. The highest BCUT2D eigenvalue weighted by molar-refractivity contribution is 7.13. The van der Waals surface area contributed by atoms with Crippen LogP contribution in [0.15, 0.2) is 60.0 Å². The second-order valence-corrected chi connectivity index (χ2v) is 5.90. The van der Waals surface area contributed by atoms with Gasteiger partial charge in [0.1, 0.15) is 5.56 Å². The first-order valence-corrected chi connectivity index (χ1v) is 7.84. The van der Waals surface area contributed by atoms with E-state index in [9.17, 15) is 9.90 Å². The van der Waals surface area contributed by atoms with Crippen LogP contribution in [0.2, 0.25) is 0 Å². The highest BCUT2D eigenvalue weighted by Gasteiger charge is 2.18. The molecule has 0 radical (unpaired) electrons. The molecule has 0 aliphatic heterocycles. The van der Waals surface area contributed by atoms with Gasteiger partial charge in [-0.1, -0.05) is 36.4 Å². The van der Waals surface area contributed by atoms with Gasteiger partial charge in [0.05, 0.1) is 10.6 Å². The highest BCUT2D eigenvalue weighted by Crippen LogP contribution is 2.28. The molecule has 0 spiro atoms. The lowest BCUT2D eigenvalue weighted by Crippen LogP contribution is -2.03. The lowest BCUT2D eigenvalue weighted by Gasteiger charge is -2.03. The number of benzene rings is 1. The number of fused-ring (bicyclic) bond motifs is 1. The second-order valence-electron chi connectivity index (χ2n) is 4.95. The number of carboxylic acid groups (broad SMARTS) is 1. The summed E-state index contributed by atoms with van der Waals surface area (Å²) in [6.07, 6.45) is 0. The van der Waals surface area contributed by atoms with Gasteiger partial charge in [-0.3, -0.25) is 0 Å². The highest BCUT2D eigenvalue weighted by atomic mass is 32.1. The predicted molar refractivity (Wildman–Crippen MR) is 88.7 cm³/mol. The molecule has 0 saturated heterocycles.